The van der Waals surface area contributed by atoms with Crippen LogP contribution in [0.3, 0.4) is 0 Å². The highest BCUT2D eigenvalue weighted by Crippen LogP contribution is 2.32. The number of rotatable bonds is 2. The minimum atomic E-state index is -4.82. The van der Waals surface area contributed by atoms with Gasteiger partial charge in [0.05, 0.1) is 5.56 Å². The van der Waals surface area contributed by atoms with E-state index in [1.807, 2.05) is 6.92 Å². The predicted molar refractivity (Wildman–Crippen MR) is 80.9 cm³/mol. The summed E-state index contributed by atoms with van der Waals surface area (Å²) in [4.78, 5) is 13.8. The summed E-state index contributed by atoms with van der Waals surface area (Å²) in [6, 6.07) is 2.26. The van der Waals surface area contributed by atoms with Gasteiger partial charge >= 0.3 is 6.18 Å². The summed E-state index contributed by atoms with van der Waals surface area (Å²) in [6.45, 7) is 2.73. The molecule has 1 amide bonds. The number of nitrogens with zero attached hydrogens (tertiary/aromatic N) is 1. The summed E-state index contributed by atoms with van der Waals surface area (Å²) in [5.74, 6) is -1.77. The van der Waals surface area contributed by atoms with E-state index in [1.165, 1.54) is 4.90 Å². The van der Waals surface area contributed by atoms with Gasteiger partial charge in [0.15, 0.2) is 0 Å². The molecule has 0 spiro atoms. The van der Waals surface area contributed by atoms with Gasteiger partial charge in [-0.3, -0.25) is 4.79 Å². The first kappa shape index (κ1) is 19.7. The number of benzene rings is 1. The zero-order chi connectivity index (χ0) is 16.5. The van der Waals surface area contributed by atoms with Crippen molar-refractivity contribution in [1.82, 2.24) is 4.90 Å². The molecule has 1 aromatic rings. The number of alkyl halides is 3. The molecule has 1 aromatic carbocycles. The number of hydrogen-bond donors (Lipinski definition) is 1. The second-order valence-electron chi connectivity index (χ2n) is 5.70. The van der Waals surface area contributed by atoms with Gasteiger partial charge in [0.2, 0.25) is 0 Å². The maximum absolute atomic E-state index is 13.3. The highest BCUT2D eigenvalue weighted by molar-refractivity contribution is 5.94. The highest BCUT2D eigenvalue weighted by atomic mass is 35.5. The van der Waals surface area contributed by atoms with E-state index in [-0.39, 0.29) is 29.9 Å². The average molecular weight is 355 g/mol. The van der Waals surface area contributed by atoms with Crippen LogP contribution in [0.15, 0.2) is 18.2 Å². The number of hydrogen-bond acceptors (Lipinski definition) is 2. The molecular formula is C15H19ClF4N2O. The molecule has 1 aliphatic heterocycles. The van der Waals surface area contributed by atoms with Crippen molar-refractivity contribution < 1.29 is 22.4 Å². The lowest BCUT2D eigenvalue weighted by atomic mass is 9.92. The van der Waals surface area contributed by atoms with Crippen LogP contribution in [0.1, 0.15) is 35.7 Å². The first-order valence-electron chi connectivity index (χ1n) is 7.11. The van der Waals surface area contributed by atoms with Gasteiger partial charge in [-0.2, -0.15) is 13.2 Å². The largest absolute Gasteiger partial charge is 0.419 e. The van der Waals surface area contributed by atoms with Crippen LogP contribution in [-0.2, 0) is 6.18 Å². The molecule has 3 nitrogen and oxygen atoms in total. The van der Waals surface area contributed by atoms with E-state index in [0.717, 1.165) is 18.9 Å². The fraction of sp³-hybridized carbons (Fsp3) is 0.533. The number of nitrogens with two attached hydrogens (primary N) is 1. The third-order valence-corrected chi connectivity index (χ3v) is 4.01. The smallest absolute Gasteiger partial charge is 0.338 e. The summed E-state index contributed by atoms with van der Waals surface area (Å²) >= 11 is 0. The normalized spacial score (nSPS) is 19.9. The lowest BCUT2D eigenvalue weighted by Crippen LogP contribution is -2.45. The highest BCUT2D eigenvalue weighted by Gasteiger charge is 2.35. The monoisotopic (exact) mass is 354 g/mol. The van der Waals surface area contributed by atoms with E-state index >= 15 is 0 Å². The Bertz CT molecular complexity index is 563. The zero-order valence-corrected chi connectivity index (χ0v) is 13.4. The molecule has 2 atom stereocenters. The second kappa shape index (κ2) is 7.49. The Kier molecular flexibility index (Phi) is 6.41. The van der Waals surface area contributed by atoms with Crippen LogP contribution in [0.2, 0.25) is 0 Å². The number of likely N-dealkylation sites (tertiary alicyclic amines) is 1. The molecule has 8 heteroatoms. The summed E-state index contributed by atoms with van der Waals surface area (Å²) < 4.78 is 51.4. The minimum Gasteiger partial charge on any atom is -0.338 e. The molecule has 0 aliphatic carbocycles. The van der Waals surface area contributed by atoms with Gasteiger partial charge in [-0.25, -0.2) is 4.39 Å². The number of amides is 1. The van der Waals surface area contributed by atoms with E-state index in [9.17, 15) is 22.4 Å². The molecule has 130 valence electrons. The Hall–Kier alpha value is -1.34. The molecule has 1 saturated heterocycles. The van der Waals surface area contributed by atoms with Crippen molar-refractivity contribution in [2.75, 3.05) is 13.1 Å². The van der Waals surface area contributed by atoms with Crippen molar-refractivity contribution in [2.24, 2.45) is 11.7 Å². The van der Waals surface area contributed by atoms with E-state index in [0.29, 0.717) is 25.2 Å². The molecule has 2 rings (SSSR count). The van der Waals surface area contributed by atoms with E-state index < -0.39 is 23.5 Å². The van der Waals surface area contributed by atoms with Crippen LogP contribution >= 0.6 is 12.4 Å². The Morgan fingerprint density at radius 1 is 1.39 bits per heavy atom. The molecule has 0 bridgehead atoms. The SMILES string of the molecule is CC(N)C1CCCN(C(=O)c2ccc(F)c(C(F)(F)F)c2)C1.Cl. The van der Waals surface area contributed by atoms with Gasteiger partial charge in [-0.15, -0.1) is 12.4 Å². The number of halogens is 5. The molecule has 23 heavy (non-hydrogen) atoms. The van der Waals surface area contributed by atoms with Crippen LogP contribution in [-0.4, -0.2) is 29.9 Å². The first-order chi connectivity index (χ1) is 10.2. The van der Waals surface area contributed by atoms with Crippen molar-refractivity contribution in [3.8, 4) is 0 Å². The van der Waals surface area contributed by atoms with Crippen molar-refractivity contribution >= 4 is 18.3 Å². The summed E-state index contributed by atoms with van der Waals surface area (Å²) in [5.41, 5.74) is 4.26. The number of carbonyl (C=O) groups is 1. The second-order valence-corrected chi connectivity index (χ2v) is 5.70. The quantitative estimate of drug-likeness (QED) is 0.827. The van der Waals surface area contributed by atoms with Crippen LogP contribution in [0, 0.1) is 11.7 Å². The molecule has 1 aliphatic rings. The minimum absolute atomic E-state index is 0. The van der Waals surface area contributed by atoms with Gasteiger partial charge in [-0.05, 0) is 43.9 Å². The van der Waals surface area contributed by atoms with Gasteiger partial charge < -0.3 is 10.6 Å². The standard InChI is InChI=1S/C15H18F4N2O.ClH/c1-9(20)11-3-2-6-21(8-11)14(22)10-4-5-13(16)12(7-10)15(17,18)19;/h4-5,7,9,11H,2-3,6,8,20H2,1H3;1H. The van der Waals surface area contributed by atoms with Crippen LogP contribution in [0.25, 0.3) is 0 Å². The third kappa shape index (κ3) is 4.57. The van der Waals surface area contributed by atoms with Crippen LogP contribution in [0.5, 0.6) is 0 Å². The topological polar surface area (TPSA) is 46.3 Å². The Labute approximate surface area is 138 Å². The number of carbonyl (C=O) groups excluding carboxylic acids is 1. The van der Waals surface area contributed by atoms with Crippen molar-refractivity contribution in [3.05, 3.63) is 35.1 Å². The van der Waals surface area contributed by atoms with Gasteiger partial charge in [0, 0.05) is 24.7 Å². The lowest BCUT2D eigenvalue weighted by molar-refractivity contribution is -0.140. The Balaban J connectivity index is 0.00000264. The number of piperidine rings is 1. The summed E-state index contributed by atoms with van der Waals surface area (Å²) in [5, 5.41) is 0. The Morgan fingerprint density at radius 3 is 2.61 bits per heavy atom. The van der Waals surface area contributed by atoms with Crippen LogP contribution < -0.4 is 5.73 Å². The van der Waals surface area contributed by atoms with E-state index in [2.05, 4.69) is 0 Å². The molecule has 2 N–H and O–H groups in total. The van der Waals surface area contributed by atoms with Gasteiger partial charge in [0.25, 0.3) is 5.91 Å². The van der Waals surface area contributed by atoms with Gasteiger partial charge in [-0.1, -0.05) is 0 Å². The predicted octanol–water partition coefficient (Wildman–Crippen LogP) is 3.47. The lowest BCUT2D eigenvalue weighted by Gasteiger charge is -2.34. The fourth-order valence-corrected chi connectivity index (χ4v) is 2.68. The average Bonchev–Trinajstić information content (AvgIpc) is 2.46. The fourth-order valence-electron chi connectivity index (χ4n) is 2.68. The Morgan fingerprint density at radius 2 is 2.04 bits per heavy atom. The first-order valence-corrected chi connectivity index (χ1v) is 7.11. The van der Waals surface area contributed by atoms with E-state index in [1.54, 1.807) is 0 Å². The van der Waals surface area contributed by atoms with Crippen molar-refractivity contribution in [1.29, 1.82) is 0 Å². The molecule has 0 aromatic heterocycles. The van der Waals surface area contributed by atoms with E-state index in [4.69, 9.17) is 5.73 Å². The maximum Gasteiger partial charge on any atom is 0.419 e. The van der Waals surface area contributed by atoms with Gasteiger partial charge in [0.1, 0.15) is 5.82 Å². The molecule has 2 unspecified atom stereocenters. The van der Waals surface area contributed by atoms with Crippen LogP contribution in [0.4, 0.5) is 17.6 Å². The molecule has 0 radical (unpaired) electrons. The summed E-state index contributed by atoms with van der Waals surface area (Å²) in [6.07, 6.45) is -3.18. The third-order valence-electron chi connectivity index (χ3n) is 4.01. The zero-order valence-electron chi connectivity index (χ0n) is 12.6. The molecular weight excluding hydrogens is 336 g/mol. The molecule has 0 saturated carbocycles. The summed E-state index contributed by atoms with van der Waals surface area (Å²) in [7, 11) is 0. The van der Waals surface area contributed by atoms with Crippen molar-refractivity contribution in [3.63, 3.8) is 0 Å². The molecule has 1 fully saturated rings. The van der Waals surface area contributed by atoms with Crippen molar-refractivity contribution in [2.45, 2.75) is 32.0 Å². The maximum atomic E-state index is 13.3. The molecule has 1 heterocycles.